The van der Waals surface area contributed by atoms with Gasteiger partial charge in [0.25, 0.3) is 5.91 Å². The van der Waals surface area contributed by atoms with E-state index < -0.39 is 0 Å². The van der Waals surface area contributed by atoms with Gasteiger partial charge in [0.05, 0.1) is 6.61 Å². The molecule has 0 aromatic heterocycles. The van der Waals surface area contributed by atoms with Gasteiger partial charge in [-0.2, -0.15) is 0 Å². The minimum absolute atomic E-state index is 0.0605. The number of carbonyl (C=O) groups is 1. The fraction of sp³-hybridized carbons (Fsp3) is 0.462. The summed E-state index contributed by atoms with van der Waals surface area (Å²) in [5.74, 6) is -0.0605. The number of nitrogens with one attached hydrogen (secondary N) is 1. The summed E-state index contributed by atoms with van der Waals surface area (Å²) in [5, 5.41) is 2.83. The molecule has 17 heavy (non-hydrogen) atoms. The largest absolute Gasteiger partial charge is 0.380 e. The number of benzene rings is 1. The number of nitrogens with two attached hydrogens (primary N) is 1. The van der Waals surface area contributed by atoms with E-state index in [1.54, 1.807) is 19.2 Å². The van der Waals surface area contributed by atoms with Crippen molar-refractivity contribution < 1.29 is 9.53 Å². The number of methoxy groups -OCH3 is 1. The van der Waals surface area contributed by atoms with E-state index in [-0.39, 0.29) is 11.9 Å². The molecule has 94 valence electrons. The summed E-state index contributed by atoms with van der Waals surface area (Å²) in [7, 11) is 1.65. The third-order valence-corrected chi connectivity index (χ3v) is 2.41. The summed E-state index contributed by atoms with van der Waals surface area (Å²) in [4.78, 5) is 11.7. The highest BCUT2D eigenvalue weighted by molar-refractivity contribution is 5.94. The molecule has 0 heterocycles. The zero-order valence-electron chi connectivity index (χ0n) is 10.4. The van der Waals surface area contributed by atoms with Crippen molar-refractivity contribution in [3.63, 3.8) is 0 Å². The Kier molecular flexibility index (Phi) is 5.66. The number of rotatable bonds is 6. The Bertz CT molecular complexity index is 347. The molecule has 4 nitrogen and oxygen atoms in total. The third kappa shape index (κ3) is 4.97. The lowest BCUT2D eigenvalue weighted by Crippen LogP contribution is -2.28. The SMILES string of the molecule is COCc1ccc(C(=O)NCCC(C)N)cc1. The van der Waals surface area contributed by atoms with Gasteiger partial charge in [-0.15, -0.1) is 0 Å². The lowest BCUT2D eigenvalue weighted by Gasteiger charge is -2.07. The molecule has 1 unspecified atom stereocenters. The molecule has 0 fully saturated rings. The lowest BCUT2D eigenvalue weighted by molar-refractivity contribution is 0.0952. The molecule has 4 heteroatoms. The Hall–Kier alpha value is -1.39. The molecule has 0 aliphatic heterocycles. The highest BCUT2D eigenvalue weighted by atomic mass is 16.5. The molecule has 1 atom stereocenters. The van der Waals surface area contributed by atoms with Crippen LogP contribution in [0.25, 0.3) is 0 Å². The molecule has 1 aromatic rings. The van der Waals surface area contributed by atoms with Gasteiger partial charge in [0, 0.05) is 25.3 Å². The zero-order valence-corrected chi connectivity index (χ0v) is 10.4. The Balaban J connectivity index is 2.46. The van der Waals surface area contributed by atoms with Gasteiger partial charge in [-0.05, 0) is 31.0 Å². The Morgan fingerprint density at radius 2 is 2.06 bits per heavy atom. The smallest absolute Gasteiger partial charge is 0.251 e. The lowest BCUT2D eigenvalue weighted by atomic mass is 10.1. The van der Waals surface area contributed by atoms with E-state index in [1.807, 2.05) is 19.1 Å². The Morgan fingerprint density at radius 3 is 2.59 bits per heavy atom. The van der Waals surface area contributed by atoms with Gasteiger partial charge >= 0.3 is 0 Å². The average Bonchev–Trinajstić information content (AvgIpc) is 2.30. The summed E-state index contributed by atoms with van der Waals surface area (Å²) in [6.45, 7) is 3.09. The Labute approximate surface area is 102 Å². The van der Waals surface area contributed by atoms with Crippen LogP contribution in [0.2, 0.25) is 0 Å². The minimum atomic E-state index is -0.0605. The molecular formula is C13H20N2O2. The highest BCUT2D eigenvalue weighted by Gasteiger charge is 2.04. The molecule has 0 saturated carbocycles. The minimum Gasteiger partial charge on any atom is -0.380 e. The molecule has 0 radical (unpaired) electrons. The molecule has 0 aliphatic carbocycles. The van der Waals surface area contributed by atoms with Crippen LogP contribution in [0.1, 0.15) is 29.3 Å². The van der Waals surface area contributed by atoms with Gasteiger partial charge in [-0.1, -0.05) is 12.1 Å². The molecule has 1 rings (SSSR count). The summed E-state index contributed by atoms with van der Waals surface area (Å²) in [6, 6.07) is 7.50. The van der Waals surface area contributed by atoms with E-state index in [0.717, 1.165) is 12.0 Å². The molecule has 0 saturated heterocycles. The molecule has 0 spiro atoms. The second-order valence-corrected chi connectivity index (χ2v) is 4.15. The monoisotopic (exact) mass is 236 g/mol. The second-order valence-electron chi connectivity index (χ2n) is 4.15. The van der Waals surface area contributed by atoms with Gasteiger partial charge < -0.3 is 15.8 Å². The van der Waals surface area contributed by atoms with E-state index in [0.29, 0.717) is 18.7 Å². The predicted octanol–water partition coefficient (Wildman–Crippen LogP) is 1.30. The van der Waals surface area contributed by atoms with Crippen LogP contribution in [0.4, 0.5) is 0 Å². The number of hydrogen-bond acceptors (Lipinski definition) is 3. The van der Waals surface area contributed by atoms with E-state index >= 15 is 0 Å². The van der Waals surface area contributed by atoms with Crippen molar-refractivity contribution in [3.05, 3.63) is 35.4 Å². The maximum Gasteiger partial charge on any atom is 0.251 e. The molecule has 1 amide bonds. The van der Waals surface area contributed by atoms with Crippen molar-refractivity contribution in [2.75, 3.05) is 13.7 Å². The first-order valence-electron chi connectivity index (χ1n) is 5.75. The Morgan fingerprint density at radius 1 is 1.41 bits per heavy atom. The number of hydrogen-bond donors (Lipinski definition) is 2. The van der Waals surface area contributed by atoms with Crippen molar-refractivity contribution in [2.45, 2.75) is 26.0 Å². The maximum absolute atomic E-state index is 11.7. The van der Waals surface area contributed by atoms with Gasteiger partial charge in [0.15, 0.2) is 0 Å². The van der Waals surface area contributed by atoms with Crippen LogP contribution < -0.4 is 11.1 Å². The first-order chi connectivity index (χ1) is 8.13. The molecular weight excluding hydrogens is 216 g/mol. The van der Waals surface area contributed by atoms with E-state index in [1.165, 1.54) is 0 Å². The van der Waals surface area contributed by atoms with Crippen LogP contribution in [0.5, 0.6) is 0 Å². The fourth-order valence-corrected chi connectivity index (χ4v) is 1.43. The van der Waals surface area contributed by atoms with Crippen molar-refractivity contribution in [2.24, 2.45) is 5.73 Å². The molecule has 3 N–H and O–H groups in total. The average molecular weight is 236 g/mol. The van der Waals surface area contributed by atoms with Crippen molar-refractivity contribution in [1.29, 1.82) is 0 Å². The predicted molar refractivity (Wildman–Crippen MR) is 67.8 cm³/mol. The van der Waals surface area contributed by atoms with Crippen molar-refractivity contribution in [1.82, 2.24) is 5.32 Å². The molecule has 1 aromatic carbocycles. The number of ether oxygens (including phenoxy) is 1. The summed E-state index contributed by atoms with van der Waals surface area (Å²) in [5.41, 5.74) is 7.32. The van der Waals surface area contributed by atoms with Gasteiger partial charge in [-0.3, -0.25) is 4.79 Å². The highest BCUT2D eigenvalue weighted by Crippen LogP contribution is 2.05. The van der Waals surface area contributed by atoms with E-state index in [2.05, 4.69) is 5.32 Å². The van der Waals surface area contributed by atoms with Gasteiger partial charge in [0.2, 0.25) is 0 Å². The topological polar surface area (TPSA) is 64.3 Å². The van der Waals surface area contributed by atoms with Crippen LogP contribution in [-0.2, 0) is 11.3 Å². The maximum atomic E-state index is 11.7. The third-order valence-electron chi connectivity index (χ3n) is 2.41. The van der Waals surface area contributed by atoms with Crippen LogP contribution in [0, 0.1) is 0 Å². The van der Waals surface area contributed by atoms with E-state index in [9.17, 15) is 4.79 Å². The van der Waals surface area contributed by atoms with Crippen molar-refractivity contribution >= 4 is 5.91 Å². The first kappa shape index (κ1) is 13.7. The fourth-order valence-electron chi connectivity index (χ4n) is 1.43. The van der Waals surface area contributed by atoms with Gasteiger partial charge in [0.1, 0.15) is 0 Å². The molecule has 0 bridgehead atoms. The van der Waals surface area contributed by atoms with E-state index in [4.69, 9.17) is 10.5 Å². The van der Waals surface area contributed by atoms with Gasteiger partial charge in [-0.25, -0.2) is 0 Å². The normalized spacial score (nSPS) is 12.2. The zero-order chi connectivity index (χ0) is 12.7. The summed E-state index contributed by atoms with van der Waals surface area (Å²) in [6.07, 6.45) is 0.785. The van der Waals surface area contributed by atoms with Crippen LogP contribution in [0.15, 0.2) is 24.3 Å². The van der Waals surface area contributed by atoms with Crippen LogP contribution in [-0.4, -0.2) is 25.6 Å². The quantitative estimate of drug-likeness (QED) is 0.782. The van der Waals surface area contributed by atoms with Crippen LogP contribution in [0.3, 0.4) is 0 Å². The summed E-state index contributed by atoms with van der Waals surface area (Å²) >= 11 is 0. The number of amides is 1. The number of carbonyl (C=O) groups excluding carboxylic acids is 1. The second kappa shape index (κ2) is 7.04. The molecule has 0 aliphatic rings. The van der Waals surface area contributed by atoms with Crippen LogP contribution >= 0.6 is 0 Å². The first-order valence-corrected chi connectivity index (χ1v) is 5.75. The van der Waals surface area contributed by atoms with Crippen molar-refractivity contribution in [3.8, 4) is 0 Å². The summed E-state index contributed by atoms with van der Waals surface area (Å²) < 4.78 is 5.01. The standard InChI is InChI=1S/C13H20N2O2/c1-10(14)7-8-15-13(16)12-5-3-11(4-6-12)9-17-2/h3-6,10H,7-9,14H2,1-2H3,(H,15,16).